The molecular formula is C11H16FN3O. The Balaban J connectivity index is 2.81. The predicted octanol–water partition coefficient (Wildman–Crippen LogP) is 1.81. The van der Waals surface area contributed by atoms with Crippen LogP contribution in [0.4, 0.5) is 14.9 Å². The molecule has 1 rings (SSSR count). The fourth-order valence-corrected chi connectivity index (χ4v) is 1.30. The average molecular weight is 225 g/mol. The molecule has 16 heavy (non-hydrogen) atoms. The van der Waals surface area contributed by atoms with E-state index in [2.05, 4.69) is 10.6 Å². The first kappa shape index (κ1) is 12.4. The average Bonchev–Trinajstić information content (AvgIpc) is 2.16. The minimum Gasteiger partial charge on any atom is -0.336 e. The second-order valence-corrected chi connectivity index (χ2v) is 3.72. The van der Waals surface area contributed by atoms with Crippen LogP contribution in [-0.2, 0) is 6.54 Å². The van der Waals surface area contributed by atoms with Crippen molar-refractivity contribution in [2.75, 3.05) is 5.32 Å². The number of nitrogens with two attached hydrogens (primary N) is 1. The van der Waals surface area contributed by atoms with Gasteiger partial charge in [0.1, 0.15) is 5.82 Å². The second-order valence-electron chi connectivity index (χ2n) is 3.72. The molecule has 88 valence electrons. The second kappa shape index (κ2) is 5.46. The number of amides is 2. The van der Waals surface area contributed by atoms with Gasteiger partial charge in [-0.25, -0.2) is 9.18 Å². The Labute approximate surface area is 94.0 Å². The van der Waals surface area contributed by atoms with Gasteiger partial charge >= 0.3 is 6.03 Å². The molecule has 1 aromatic rings. The van der Waals surface area contributed by atoms with Crippen molar-refractivity contribution in [1.82, 2.24) is 5.32 Å². The topological polar surface area (TPSA) is 67.2 Å². The minimum absolute atomic E-state index is 0.0230. The first-order valence-corrected chi connectivity index (χ1v) is 5.09. The third-order valence-electron chi connectivity index (χ3n) is 1.99. The van der Waals surface area contributed by atoms with Crippen LogP contribution in [0.25, 0.3) is 0 Å². The molecule has 0 aromatic heterocycles. The van der Waals surface area contributed by atoms with E-state index < -0.39 is 5.82 Å². The number of rotatable bonds is 3. The molecular weight excluding hydrogens is 209 g/mol. The number of carbonyl (C=O) groups is 1. The lowest BCUT2D eigenvalue weighted by Gasteiger charge is -2.13. The van der Waals surface area contributed by atoms with Gasteiger partial charge in [0.15, 0.2) is 0 Å². The van der Waals surface area contributed by atoms with E-state index in [-0.39, 0.29) is 18.6 Å². The number of anilines is 1. The van der Waals surface area contributed by atoms with Crippen LogP contribution in [0.3, 0.4) is 0 Å². The normalized spacial score (nSPS) is 10.3. The summed E-state index contributed by atoms with van der Waals surface area (Å²) in [7, 11) is 0. The molecule has 4 nitrogen and oxygen atoms in total. The first-order chi connectivity index (χ1) is 7.54. The monoisotopic (exact) mass is 225 g/mol. The molecule has 0 aliphatic rings. The number of carbonyl (C=O) groups excluding carboxylic acids is 1. The highest BCUT2D eigenvalue weighted by Gasteiger charge is 2.09. The number of benzene rings is 1. The number of urea groups is 1. The van der Waals surface area contributed by atoms with Gasteiger partial charge in [-0.1, -0.05) is 6.07 Å². The molecule has 2 amide bonds. The number of hydrogen-bond acceptors (Lipinski definition) is 2. The highest BCUT2D eigenvalue weighted by molar-refractivity contribution is 5.90. The summed E-state index contributed by atoms with van der Waals surface area (Å²) < 4.78 is 13.3. The van der Waals surface area contributed by atoms with E-state index in [9.17, 15) is 9.18 Å². The quantitative estimate of drug-likeness (QED) is 0.734. The molecule has 0 saturated carbocycles. The van der Waals surface area contributed by atoms with Crippen molar-refractivity contribution >= 4 is 11.7 Å². The molecule has 0 radical (unpaired) electrons. The zero-order valence-electron chi connectivity index (χ0n) is 9.38. The van der Waals surface area contributed by atoms with Crippen molar-refractivity contribution in [2.45, 2.75) is 26.4 Å². The van der Waals surface area contributed by atoms with Gasteiger partial charge in [-0.05, 0) is 26.0 Å². The molecule has 0 aliphatic heterocycles. The molecule has 0 spiro atoms. The van der Waals surface area contributed by atoms with Gasteiger partial charge in [0.05, 0.1) is 0 Å². The predicted molar refractivity (Wildman–Crippen MR) is 61.6 cm³/mol. The largest absolute Gasteiger partial charge is 0.336 e. The van der Waals surface area contributed by atoms with Crippen molar-refractivity contribution in [1.29, 1.82) is 0 Å². The number of nitrogens with one attached hydrogen (secondary N) is 2. The lowest BCUT2D eigenvalue weighted by molar-refractivity contribution is 0.250. The Morgan fingerprint density at radius 1 is 1.50 bits per heavy atom. The Morgan fingerprint density at radius 2 is 2.19 bits per heavy atom. The SMILES string of the molecule is CC(C)NC(=O)Nc1cccc(F)c1CN. The first-order valence-electron chi connectivity index (χ1n) is 5.09. The van der Waals surface area contributed by atoms with Crippen molar-refractivity contribution in [3.05, 3.63) is 29.6 Å². The van der Waals surface area contributed by atoms with Crippen molar-refractivity contribution in [3.8, 4) is 0 Å². The molecule has 0 unspecified atom stereocenters. The summed E-state index contributed by atoms with van der Waals surface area (Å²) in [5, 5.41) is 5.21. The van der Waals surface area contributed by atoms with Gasteiger partial charge in [-0.3, -0.25) is 0 Å². The van der Waals surface area contributed by atoms with E-state index in [4.69, 9.17) is 5.73 Å². The van der Waals surface area contributed by atoms with Crippen molar-refractivity contribution in [2.24, 2.45) is 5.73 Å². The summed E-state index contributed by atoms with van der Waals surface area (Å²) >= 11 is 0. The van der Waals surface area contributed by atoms with Crippen LogP contribution in [0, 0.1) is 5.82 Å². The van der Waals surface area contributed by atoms with Crippen LogP contribution in [-0.4, -0.2) is 12.1 Å². The molecule has 0 heterocycles. The van der Waals surface area contributed by atoms with Gasteiger partial charge in [-0.2, -0.15) is 0 Å². The molecule has 0 bridgehead atoms. The smallest absolute Gasteiger partial charge is 0.319 e. The Kier molecular flexibility index (Phi) is 4.25. The van der Waals surface area contributed by atoms with E-state index in [1.54, 1.807) is 6.07 Å². The summed E-state index contributed by atoms with van der Waals surface area (Å²) in [5.41, 5.74) is 6.13. The third kappa shape index (κ3) is 3.20. The van der Waals surface area contributed by atoms with E-state index in [1.165, 1.54) is 12.1 Å². The van der Waals surface area contributed by atoms with E-state index in [1.807, 2.05) is 13.8 Å². The van der Waals surface area contributed by atoms with Gasteiger partial charge < -0.3 is 16.4 Å². The molecule has 4 N–H and O–H groups in total. The van der Waals surface area contributed by atoms with Crippen LogP contribution < -0.4 is 16.4 Å². The molecule has 0 aliphatic carbocycles. The Hall–Kier alpha value is -1.62. The van der Waals surface area contributed by atoms with Gasteiger partial charge in [0.25, 0.3) is 0 Å². The third-order valence-corrected chi connectivity index (χ3v) is 1.99. The Bertz CT molecular complexity index is 379. The zero-order valence-corrected chi connectivity index (χ0v) is 9.38. The van der Waals surface area contributed by atoms with Crippen molar-refractivity contribution in [3.63, 3.8) is 0 Å². The summed E-state index contributed by atoms with van der Waals surface area (Å²) in [6.07, 6.45) is 0. The lowest BCUT2D eigenvalue weighted by atomic mass is 10.1. The highest BCUT2D eigenvalue weighted by atomic mass is 19.1. The van der Waals surface area contributed by atoms with Crippen LogP contribution in [0.15, 0.2) is 18.2 Å². The summed E-state index contributed by atoms with van der Waals surface area (Å²) in [4.78, 5) is 11.4. The number of halogens is 1. The van der Waals surface area contributed by atoms with E-state index in [0.29, 0.717) is 11.3 Å². The van der Waals surface area contributed by atoms with Crippen LogP contribution in [0.5, 0.6) is 0 Å². The van der Waals surface area contributed by atoms with Crippen LogP contribution in [0.1, 0.15) is 19.4 Å². The van der Waals surface area contributed by atoms with Crippen LogP contribution in [0.2, 0.25) is 0 Å². The van der Waals surface area contributed by atoms with E-state index >= 15 is 0 Å². The molecule has 0 atom stereocenters. The molecule has 1 aromatic carbocycles. The van der Waals surface area contributed by atoms with E-state index in [0.717, 1.165) is 0 Å². The number of hydrogen-bond donors (Lipinski definition) is 3. The Morgan fingerprint density at radius 3 is 2.75 bits per heavy atom. The molecule has 5 heteroatoms. The zero-order chi connectivity index (χ0) is 12.1. The maximum atomic E-state index is 13.3. The van der Waals surface area contributed by atoms with Gasteiger partial charge in [-0.15, -0.1) is 0 Å². The standard InChI is InChI=1S/C11H16FN3O/c1-7(2)14-11(16)15-10-5-3-4-9(12)8(10)6-13/h3-5,7H,6,13H2,1-2H3,(H2,14,15,16). The molecule has 0 fully saturated rings. The lowest BCUT2D eigenvalue weighted by Crippen LogP contribution is -2.34. The fourth-order valence-electron chi connectivity index (χ4n) is 1.30. The summed E-state index contributed by atoms with van der Waals surface area (Å²) in [6.45, 7) is 3.73. The minimum atomic E-state index is -0.412. The summed E-state index contributed by atoms with van der Waals surface area (Å²) in [5.74, 6) is -0.412. The fraction of sp³-hybridized carbons (Fsp3) is 0.364. The maximum Gasteiger partial charge on any atom is 0.319 e. The van der Waals surface area contributed by atoms with Gasteiger partial charge in [0.2, 0.25) is 0 Å². The molecule has 0 saturated heterocycles. The van der Waals surface area contributed by atoms with Crippen LogP contribution >= 0.6 is 0 Å². The maximum absolute atomic E-state index is 13.3. The highest BCUT2D eigenvalue weighted by Crippen LogP contribution is 2.17. The van der Waals surface area contributed by atoms with Crippen molar-refractivity contribution < 1.29 is 9.18 Å². The van der Waals surface area contributed by atoms with Gasteiger partial charge in [0, 0.05) is 23.8 Å². The summed E-state index contributed by atoms with van der Waals surface area (Å²) in [6, 6.07) is 4.11.